The van der Waals surface area contributed by atoms with Crippen LogP contribution in [-0.4, -0.2) is 31.6 Å². The first-order valence-electron chi connectivity index (χ1n) is 9.55. The lowest BCUT2D eigenvalue weighted by atomic mass is 9.90. The lowest BCUT2D eigenvalue weighted by Crippen LogP contribution is -2.23. The fourth-order valence-corrected chi connectivity index (χ4v) is 4.03. The molecule has 24 heavy (non-hydrogen) atoms. The number of benzene rings is 1. The SMILES string of the molecule is CN(CCCOc1ccccc1)CCCC1CCC2=C1CC=CC2. The van der Waals surface area contributed by atoms with Gasteiger partial charge in [0.15, 0.2) is 0 Å². The molecule has 0 saturated carbocycles. The molecule has 1 aromatic rings. The minimum atomic E-state index is 0.805. The van der Waals surface area contributed by atoms with Gasteiger partial charge in [-0.15, -0.1) is 0 Å². The second kappa shape index (κ2) is 9.08. The third-order valence-corrected chi connectivity index (χ3v) is 5.40. The van der Waals surface area contributed by atoms with Crippen LogP contribution in [0, 0.1) is 5.92 Å². The van der Waals surface area contributed by atoms with Crippen molar-refractivity contribution in [2.45, 2.75) is 44.9 Å². The van der Waals surface area contributed by atoms with E-state index in [1.165, 1.54) is 45.1 Å². The molecule has 130 valence electrons. The van der Waals surface area contributed by atoms with E-state index in [9.17, 15) is 0 Å². The van der Waals surface area contributed by atoms with Crippen LogP contribution in [0.5, 0.6) is 5.75 Å². The van der Waals surface area contributed by atoms with Gasteiger partial charge in [0.1, 0.15) is 5.75 Å². The molecule has 1 aromatic carbocycles. The Morgan fingerprint density at radius 3 is 2.71 bits per heavy atom. The molecule has 1 unspecified atom stereocenters. The van der Waals surface area contributed by atoms with Crippen LogP contribution in [0.4, 0.5) is 0 Å². The van der Waals surface area contributed by atoms with Crippen molar-refractivity contribution in [3.63, 3.8) is 0 Å². The van der Waals surface area contributed by atoms with Crippen molar-refractivity contribution in [1.29, 1.82) is 0 Å². The molecule has 0 aromatic heterocycles. The van der Waals surface area contributed by atoms with Gasteiger partial charge in [-0.25, -0.2) is 0 Å². The Morgan fingerprint density at radius 2 is 1.83 bits per heavy atom. The van der Waals surface area contributed by atoms with Gasteiger partial charge < -0.3 is 9.64 Å². The van der Waals surface area contributed by atoms with Gasteiger partial charge in [-0.05, 0) is 76.6 Å². The van der Waals surface area contributed by atoms with E-state index in [0.717, 1.165) is 31.2 Å². The maximum absolute atomic E-state index is 5.76. The summed E-state index contributed by atoms with van der Waals surface area (Å²) in [6.07, 6.45) is 13.7. The molecule has 2 aliphatic rings. The largest absolute Gasteiger partial charge is 0.494 e. The highest BCUT2D eigenvalue weighted by atomic mass is 16.5. The van der Waals surface area contributed by atoms with Crippen LogP contribution in [0.15, 0.2) is 53.6 Å². The molecule has 0 bridgehead atoms. The van der Waals surface area contributed by atoms with E-state index in [0.29, 0.717) is 0 Å². The number of hydrogen-bond acceptors (Lipinski definition) is 2. The zero-order chi connectivity index (χ0) is 16.6. The number of rotatable bonds is 9. The Hall–Kier alpha value is -1.54. The van der Waals surface area contributed by atoms with Gasteiger partial charge >= 0.3 is 0 Å². The van der Waals surface area contributed by atoms with Crippen LogP contribution in [0.3, 0.4) is 0 Å². The molecule has 0 aliphatic heterocycles. The summed E-state index contributed by atoms with van der Waals surface area (Å²) < 4.78 is 5.76. The summed E-state index contributed by atoms with van der Waals surface area (Å²) in [4.78, 5) is 2.46. The molecular formula is C22H31NO. The molecule has 2 nitrogen and oxygen atoms in total. The number of nitrogens with zero attached hydrogens (tertiary/aromatic N) is 1. The molecule has 0 radical (unpaired) electrons. The van der Waals surface area contributed by atoms with Crippen molar-refractivity contribution in [3.8, 4) is 5.75 Å². The third kappa shape index (κ3) is 4.98. The van der Waals surface area contributed by atoms with Crippen molar-refractivity contribution < 1.29 is 4.74 Å². The molecule has 3 rings (SSSR count). The van der Waals surface area contributed by atoms with Crippen LogP contribution in [0.25, 0.3) is 0 Å². The summed E-state index contributed by atoms with van der Waals surface area (Å²) in [6.45, 7) is 3.13. The summed E-state index contributed by atoms with van der Waals surface area (Å²) in [5, 5.41) is 0. The monoisotopic (exact) mass is 325 g/mol. The number of allylic oxidation sites excluding steroid dienone is 4. The van der Waals surface area contributed by atoms with E-state index in [1.54, 1.807) is 11.1 Å². The second-order valence-corrected chi connectivity index (χ2v) is 7.20. The molecule has 0 N–H and O–H groups in total. The van der Waals surface area contributed by atoms with Gasteiger partial charge in [0.25, 0.3) is 0 Å². The average Bonchev–Trinajstić information content (AvgIpc) is 3.03. The maximum Gasteiger partial charge on any atom is 0.119 e. The summed E-state index contributed by atoms with van der Waals surface area (Å²) in [6, 6.07) is 10.1. The van der Waals surface area contributed by atoms with E-state index in [4.69, 9.17) is 4.74 Å². The summed E-state index contributed by atoms with van der Waals surface area (Å²) in [5.41, 5.74) is 3.55. The van der Waals surface area contributed by atoms with E-state index in [2.05, 4.69) is 24.1 Å². The Bertz CT molecular complexity index is 561. The van der Waals surface area contributed by atoms with Gasteiger partial charge in [-0.2, -0.15) is 0 Å². The molecule has 0 spiro atoms. The van der Waals surface area contributed by atoms with Crippen LogP contribution in [0.2, 0.25) is 0 Å². The van der Waals surface area contributed by atoms with Gasteiger partial charge in [0, 0.05) is 6.54 Å². The van der Waals surface area contributed by atoms with Crippen LogP contribution in [0.1, 0.15) is 44.9 Å². The first kappa shape index (κ1) is 17.3. The van der Waals surface area contributed by atoms with Gasteiger partial charge in [0.2, 0.25) is 0 Å². The van der Waals surface area contributed by atoms with Crippen LogP contribution < -0.4 is 4.74 Å². The minimum Gasteiger partial charge on any atom is -0.494 e. The van der Waals surface area contributed by atoms with Crippen LogP contribution in [-0.2, 0) is 0 Å². The van der Waals surface area contributed by atoms with Crippen molar-refractivity contribution >= 4 is 0 Å². The Labute approximate surface area is 147 Å². The molecule has 2 heteroatoms. The highest BCUT2D eigenvalue weighted by Gasteiger charge is 2.24. The highest BCUT2D eigenvalue weighted by molar-refractivity contribution is 5.30. The molecule has 0 fully saturated rings. The van der Waals surface area contributed by atoms with Crippen molar-refractivity contribution in [2.24, 2.45) is 5.92 Å². The zero-order valence-corrected chi connectivity index (χ0v) is 15.0. The van der Waals surface area contributed by atoms with Crippen molar-refractivity contribution in [1.82, 2.24) is 4.90 Å². The van der Waals surface area contributed by atoms with E-state index in [-0.39, 0.29) is 0 Å². The molecule has 1 atom stereocenters. The van der Waals surface area contributed by atoms with E-state index < -0.39 is 0 Å². The molecule has 2 aliphatic carbocycles. The van der Waals surface area contributed by atoms with Crippen LogP contribution >= 0.6 is 0 Å². The minimum absolute atomic E-state index is 0.805. The van der Waals surface area contributed by atoms with E-state index >= 15 is 0 Å². The predicted octanol–water partition coefficient (Wildman–Crippen LogP) is 5.22. The second-order valence-electron chi connectivity index (χ2n) is 7.20. The molecule has 0 amide bonds. The highest BCUT2D eigenvalue weighted by Crippen LogP contribution is 2.40. The number of para-hydroxylation sites is 1. The Morgan fingerprint density at radius 1 is 1.04 bits per heavy atom. The smallest absolute Gasteiger partial charge is 0.119 e. The fourth-order valence-electron chi connectivity index (χ4n) is 4.03. The van der Waals surface area contributed by atoms with Crippen molar-refractivity contribution in [2.75, 3.05) is 26.7 Å². The average molecular weight is 325 g/mol. The first-order valence-corrected chi connectivity index (χ1v) is 9.55. The maximum atomic E-state index is 5.76. The first-order chi connectivity index (χ1) is 11.8. The fraction of sp³-hybridized carbons (Fsp3) is 0.545. The standard InChI is InChI=1S/C22H31NO/c1-23(17-8-18-24-21-11-3-2-4-12-21)16-7-10-20-15-14-19-9-5-6-13-22(19)20/h2-6,11-12,20H,7-10,13-18H2,1H3. The van der Waals surface area contributed by atoms with Gasteiger partial charge in [-0.3, -0.25) is 0 Å². The summed E-state index contributed by atoms with van der Waals surface area (Å²) >= 11 is 0. The summed E-state index contributed by atoms with van der Waals surface area (Å²) in [7, 11) is 2.24. The topological polar surface area (TPSA) is 12.5 Å². The normalized spacial score (nSPS) is 19.8. The van der Waals surface area contributed by atoms with Gasteiger partial charge in [-0.1, -0.05) is 41.5 Å². The molecule has 0 heterocycles. The molecule has 0 saturated heterocycles. The number of ether oxygens (including phenoxy) is 1. The van der Waals surface area contributed by atoms with E-state index in [1.807, 2.05) is 30.3 Å². The summed E-state index contributed by atoms with van der Waals surface area (Å²) in [5.74, 6) is 1.85. The third-order valence-electron chi connectivity index (χ3n) is 5.40. The Balaban J connectivity index is 1.26. The zero-order valence-electron chi connectivity index (χ0n) is 15.0. The van der Waals surface area contributed by atoms with Crippen molar-refractivity contribution in [3.05, 3.63) is 53.6 Å². The lowest BCUT2D eigenvalue weighted by Gasteiger charge is -2.20. The van der Waals surface area contributed by atoms with Gasteiger partial charge in [0.05, 0.1) is 6.61 Å². The molecular weight excluding hydrogens is 294 g/mol. The quantitative estimate of drug-likeness (QED) is 0.455. The predicted molar refractivity (Wildman–Crippen MR) is 101 cm³/mol. The lowest BCUT2D eigenvalue weighted by molar-refractivity contribution is 0.257. The number of hydrogen-bond donors (Lipinski definition) is 0. The Kier molecular flexibility index (Phi) is 6.54.